The molecule has 5 rings (SSSR count). The third kappa shape index (κ3) is 6.93. The first kappa shape index (κ1) is 32.3. The van der Waals surface area contributed by atoms with Crippen molar-refractivity contribution in [1.29, 1.82) is 10.8 Å². The number of hydroxylamine groups is 4. The molecule has 4 N–H and O–H groups in total. The van der Waals surface area contributed by atoms with Gasteiger partial charge in [-0.1, -0.05) is 37.1 Å². The van der Waals surface area contributed by atoms with Crippen LogP contribution in [0.25, 0.3) is 0 Å². The minimum absolute atomic E-state index is 0.131. The van der Waals surface area contributed by atoms with Crippen molar-refractivity contribution in [2.24, 2.45) is 5.92 Å². The van der Waals surface area contributed by atoms with Crippen molar-refractivity contribution in [1.82, 2.24) is 15.0 Å². The predicted octanol–water partition coefficient (Wildman–Crippen LogP) is 6.19. The third-order valence-corrected chi connectivity index (χ3v) is 8.39. The molecule has 0 bridgehead atoms. The second-order valence-electron chi connectivity index (χ2n) is 11.5. The third-order valence-electron chi connectivity index (χ3n) is 8.39. The van der Waals surface area contributed by atoms with Crippen LogP contribution in [0.1, 0.15) is 73.9 Å². The predicted molar refractivity (Wildman–Crippen MR) is 168 cm³/mol. The zero-order chi connectivity index (χ0) is 33.0. The smallest absolute Gasteiger partial charge is 0.254 e. The number of carbonyl (C=O) groups excluding carboxylic acids is 3. The Bertz CT molecular complexity index is 1580. The van der Waals surface area contributed by atoms with Gasteiger partial charge in [-0.15, -0.1) is 0 Å². The molecule has 1 aliphatic carbocycles. The number of likely N-dealkylation sites (tertiary alicyclic amines) is 1. The second kappa shape index (κ2) is 13.9. The number of carbonyl (C=O) groups is 3. The van der Waals surface area contributed by atoms with Crippen molar-refractivity contribution in [3.63, 3.8) is 0 Å². The molecule has 0 aromatic heterocycles. The highest BCUT2D eigenvalue weighted by Gasteiger charge is 2.36. The van der Waals surface area contributed by atoms with Crippen molar-refractivity contribution in [2.75, 3.05) is 6.54 Å². The van der Waals surface area contributed by atoms with Crippen LogP contribution in [-0.2, 0) is 9.59 Å². The molecule has 2 fully saturated rings. The Labute approximate surface area is 266 Å². The highest BCUT2D eigenvalue weighted by molar-refractivity contribution is 6.07. The Kier molecular flexibility index (Phi) is 9.78. The standard InChI is InChI=1S/C34H37N5O7/c1-21(40)38(43)32(35)27-12-4-7-15-30(27)45-25-18-24(34(42)37-17-9-11-23-10-3-6-14-29(23)37)19-26(20-25)46-31-16-8-5-13-28(31)33(36)39(44)22(2)41/h4-5,7-8,12-13,15-16,18-20,23,29,35-36,43-44H,3,6,9-11,14,17H2,1-2H3. The van der Waals surface area contributed by atoms with E-state index in [0.29, 0.717) is 18.0 Å². The number of nitrogens with one attached hydrogen (secondary N) is 2. The Hall–Kier alpha value is -5.07. The van der Waals surface area contributed by atoms with E-state index < -0.39 is 23.5 Å². The lowest BCUT2D eigenvalue weighted by Gasteiger charge is -2.44. The summed E-state index contributed by atoms with van der Waals surface area (Å²) in [5.41, 5.74) is 0.567. The summed E-state index contributed by atoms with van der Waals surface area (Å²) in [7, 11) is 0. The number of hydrogen-bond donors (Lipinski definition) is 4. The molecule has 3 aromatic carbocycles. The number of nitrogens with zero attached hydrogens (tertiary/aromatic N) is 3. The fraction of sp³-hybridized carbons (Fsp3) is 0.324. The van der Waals surface area contributed by atoms with Crippen LogP contribution in [0.4, 0.5) is 0 Å². The second-order valence-corrected chi connectivity index (χ2v) is 11.5. The summed E-state index contributed by atoms with van der Waals surface area (Å²) in [6.07, 6.45) is 6.29. The Morgan fingerprint density at radius 2 is 1.22 bits per heavy atom. The monoisotopic (exact) mass is 627 g/mol. The molecule has 46 heavy (non-hydrogen) atoms. The molecule has 12 nitrogen and oxygen atoms in total. The van der Waals surface area contributed by atoms with E-state index in [1.54, 1.807) is 48.5 Å². The quantitative estimate of drug-likeness (QED) is 0.105. The van der Waals surface area contributed by atoms with Gasteiger partial charge in [0.05, 0.1) is 11.1 Å². The molecule has 0 spiro atoms. The Morgan fingerprint density at radius 3 is 1.74 bits per heavy atom. The molecule has 0 radical (unpaired) electrons. The zero-order valence-electron chi connectivity index (χ0n) is 25.7. The zero-order valence-corrected chi connectivity index (χ0v) is 25.7. The van der Waals surface area contributed by atoms with Crippen LogP contribution >= 0.6 is 0 Å². The summed E-state index contributed by atoms with van der Waals surface area (Å²) in [5.74, 6) is -1.53. The summed E-state index contributed by atoms with van der Waals surface area (Å²) in [6.45, 7) is 2.88. The summed E-state index contributed by atoms with van der Waals surface area (Å²) in [5, 5.41) is 37.4. The van der Waals surface area contributed by atoms with E-state index in [4.69, 9.17) is 20.3 Å². The minimum Gasteiger partial charge on any atom is -0.456 e. The van der Waals surface area contributed by atoms with Gasteiger partial charge in [0.15, 0.2) is 11.7 Å². The van der Waals surface area contributed by atoms with Gasteiger partial charge in [0.2, 0.25) is 11.8 Å². The van der Waals surface area contributed by atoms with E-state index in [1.807, 2.05) is 4.90 Å². The topological polar surface area (TPSA) is 168 Å². The molecule has 1 aliphatic heterocycles. The maximum atomic E-state index is 14.1. The first-order valence-electron chi connectivity index (χ1n) is 15.2. The van der Waals surface area contributed by atoms with Gasteiger partial charge in [0.25, 0.3) is 5.91 Å². The normalized spacial score (nSPS) is 17.3. The Morgan fingerprint density at radius 1 is 0.739 bits per heavy atom. The van der Waals surface area contributed by atoms with Crippen LogP contribution in [0, 0.1) is 16.7 Å². The van der Waals surface area contributed by atoms with Gasteiger partial charge in [0.1, 0.15) is 23.0 Å². The van der Waals surface area contributed by atoms with Crippen molar-refractivity contribution in [3.8, 4) is 23.0 Å². The number of hydrogen-bond acceptors (Lipinski definition) is 9. The molecule has 1 heterocycles. The first-order chi connectivity index (χ1) is 22.0. The summed E-state index contributed by atoms with van der Waals surface area (Å²) >= 11 is 0. The highest BCUT2D eigenvalue weighted by atomic mass is 16.5. The van der Waals surface area contributed by atoms with E-state index in [9.17, 15) is 24.8 Å². The minimum atomic E-state index is -0.749. The van der Waals surface area contributed by atoms with Crippen molar-refractivity contribution in [2.45, 2.75) is 58.4 Å². The van der Waals surface area contributed by atoms with Gasteiger partial charge < -0.3 is 14.4 Å². The largest absolute Gasteiger partial charge is 0.456 e. The maximum absolute atomic E-state index is 14.1. The van der Waals surface area contributed by atoms with Gasteiger partial charge in [-0.3, -0.25) is 35.6 Å². The highest BCUT2D eigenvalue weighted by Crippen LogP contribution is 2.38. The summed E-state index contributed by atoms with van der Waals surface area (Å²) in [6, 6.07) is 17.6. The average molecular weight is 628 g/mol. The lowest BCUT2D eigenvalue weighted by Crippen LogP contribution is -2.49. The van der Waals surface area contributed by atoms with Crippen molar-refractivity contribution in [3.05, 3.63) is 83.4 Å². The van der Waals surface area contributed by atoms with E-state index in [0.717, 1.165) is 52.4 Å². The molecule has 12 heteroatoms. The number of piperidine rings is 1. The number of ether oxygens (including phenoxy) is 2. The van der Waals surface area contributed by atoms with Gasteiger partial charge in [-0.25, -0.2) is 0 Å². The van der Waals surface area contributed by atoms with Crippen LogP contribution in [0.2, 0.25) is 0 Å². The van der Waals surface area contributed by atoms with E-state index >= 15 is 0 Å². The molecule has 2 aliphatic rings. The summed E-state index contributed by atoms with van der Waals surface area (Å²) in [4.78, 5) is 39.6. The molecule has 240 valence electrons. The number of fused-ring (bicyclic) bond motifs is 1. The molecule has 3 amide bonds. The number of amides is 3. The Balaban J connectivity index is 1.54. The fourth-order valence-electron chi connectivity index (χ4n) is 6.16. The maximum Gasteiger partial charge on any atom is 0.254 e. The van der Waals surface area contributed by atoms with Crippen molar-refractivity contribution < 1.29 is 34.3 Å². The van der Waals surface area contributed by atoms with Gasteiger partial charge in [-0.2, -0.15) is 10.1 Å². The fourth-order valence-corrected chi connectivity index (χ4v) is 6.16. The molecule has 2 atom stereocenters. The molecular formula is C34H37N5O7. The van der Waals surface area contributed by atoms with E-state index in [-0.39, 0.29) is 56.2 Å². The molecule has 3 aromatic rings. The number of amidine groups is 2. The molecular weight excluding hydrogens is 590 g/mol. The van der Waals surface area contributed by atoms with Crippen molar-refractivity contribution >= 4 is 29.4 Å². The van der Waals surface area contributed by atoms with Crippen LogP contribution in [0.3, 0.4) is 0 Å². The van der Waals surface area contributed by atoms with Gasteiger partial charge in [-0.05, 0) is 68.0 Å². The lowest BCUT2D eigenvalue weighted by molar-refractivity contribution is -0.147. The molecule has 1 saturated heterocycles. The number of rotatable bonds is 7. The first-order valence-corrected chi connectivity index (χ1v) is 15.2. The van der Waals surface area contributed by atoms with Crippen LogP contribution in [0.5, 0.6) is 23.0 Å². The average Bonchev–Trinajstić information content (AvgIpc) is 3.06. The van der Waals surface area contributed by atoms with E-state index in [2.05, 4.69) is 0 Å². The van der Waals surface area contributed by atoms with Crippen LogP contribution in [0.15, 0.2) is 66.7 Å². The lowest BCUT2D eigenvalue weighted by atomic mass is 9.78. The number of benzene rings is 3. The van der Waals surface area contributed by atoms with Crippen LogP contribution < -0.4 is 9.47 Å². The van der Waals surface area contributed by atoms with Crippen LogP contribution in [-0.4, -0.2) is 67.4 Å². The molecule has 1 saturated carbocycles. The van der Waals surface area contributed by atoms with E-state index in [1.165, 1.54) is 18.2 Å². The van der Waals surface area contributed by atoms with Gasteiger partial charge >= 0.3 is 0 Å². The SMILES string of the molecule is CC(=O)N(O)C(=N)c1ccccc1Oc1cc(Oc2ccccc2C(=N)N(O)C(C)=O)cc(C(=O)N2CCCC3CCCCC32)c1. The number of para-hydroxylation sites is 2. The summed E-state index contributed by atoms with van der Waals surface area (Å²) < 4.78 is 12.4. The van der Waals surface area contributed by atoms with Gasteiger partial charge in [0, 0.05) is 38.1 Å². The molecule has 2 unspecified atom stereocenters.